The van der Waals surface area contributed by atoms with Crippen molar-refractivity contribution in [2.45, 2.75) is 39.5 Å². The molecule has 1 N–H and O–H groups in total. The van der Waals surface area contributed by atoms with Gasteiger partial charge in [-0.2, -0.15) is 0 Å². The second kappa shape index (κ2) is 9.02. The van der Waals surface area contributed by atoms with Crippen LogP contribution in [0.2, 0.25) is 0 Å². The lowest BCUT2D eigenvalue weighted by atomic mass is 9.97. The summed E-state index contributed by atoms with van der Waals surface area (Å²) < 4.78 is 5.11. The van der Waals surface area contributed by atoms with Crippen LogP contribution in [0.1, 0.15) is 54.6 Å². The van der Waals surface area contributed by atoms with E-state index in [1.165, 1.54) is 0 Å². The molecule has 0 saturated carbocycles. The van der Waals surface area contributed by atoms with Gasteiger partial charge in [0.1, 0.15) is 0 Å². The van der Waals surface area contributed by atoms with Gasteiger partial charge in [-0.3, -0.25) is 4.79 Å². The Labute approximate surface area is 149 Å². The van der Waals surface area contributed by atoms with Crippen molar-refractivity contribution < 1.29 is 14.3 Å². The predicted octanol–water partition coefficient (Wildman–Crippen LogP) is 4.56. The van der Waals surface area contributed by atoms with Crippen LogP contribution in [0.15, 0.2) is 48.5 Å². The minimum absolute atomic E-state index is 0.302. The van der Waals surface area contributed by atoms with E-state index in [2.05, 4.69) is 26.1 Å². The number of para-hydroxylation sites is 1. The number of ether oxygens (including phenoxy) is 1. The van der Waals surface area contributed by atoms with E-state index in [-0.39, 0.29) is 12.5 Å². The third-order valence-electron chi connectivity index (χ3n) is 4.31. The number of rotatable bonds is 7. The summed E-state index contributed by atoms with van der Waals surface area (Å²) in [7, 11) is 0. The molecular weight excluding hydrogens is 314 g/mol. The number of anilines is 1. The molecule has 132 valence electrons. The number of carbonyl (C=O) groups is 2. The second-order valence-electron chi connectivity index (χ2n) is 6.07. The van der Waals surface area contributed by atoms with Gasteiger partial charge in [0.15, 0.2) is 6.61 Å². The van der Waals surface area contributed by atoms with Crippen molar-refractivity contribution in [2.75, 3.05) is 11.9 Å². The summed E-state index contributed by atoms with van der Waals surface area (Å²) in [5, 5.41) is 2.83. The third kappa shape index (κ3) is 5.18. The number of aryl methyl sites for hydroxylation is 1. The normalized spacial score (nSPS) is 11.6. The van der Waals surface area contributed by atoms with E-state index in [9.17, 15) is 9.59 Å². The topological polar surface area (TPSA) is 55.4 Å². The number of nitrogens with one attached hydrogen (secondary N) is 1. The molecular formula is C21H25NO3. The molecule has 0 spiro atoms. The average molecular weight is 339 g/mol. The summed E-state index contributed by atoms with van der Waals surface area (Å²) in [6.45, 7) is 5.97. The SMILES string of the molecule is CCc1ccc(C(=O)OCC(=O)Nc2ccccc2[C@H](C)CC)cc1. The average Bonchev–Trinajstić information content (AvgIpc) is 2.66. The number of esters is 1. The van der Waals surface area contributed by atoms with Crippen LogP contribution in [0, 0.1) is 0 Å². The van der Waals surface area contributed by atoms with Crippen molar-refractivity contribution in [3.8, 4) is 0 Å². The van der Waals surface area contributed by atoms with Gasteiger partial charge in [-0.15, -0.1) is 0 Å². The molecule has 0 heterocycles. The highest BCUT2D eigenvalue weighted by atomic mass is 16.5. The molecule has 0 unspecified atom stereocenters. The zero-order valence-electron chi connectivity index (χ0n) is 15.0. The Morgan fingerprint density at radius 3 is 2.36 bits per heavy atom. The van der Waals surface area contributed by atoms with Gasteiger partial charge in [-0.25, -0.2) is 4.79 Å². The van der Waals surface area contributed by atoms with E-state index >= 15 is 0 Å². The van der Waals surface area contributed by atoms with Gasteiger partial charge >= 0.3 is 5.97 Å². The molecule has 25 heavy (non-hydrogen) atoms. The zero-order chi connectivity index (χ0) is 18.2. The molecule has 1 atom stereocenters. The molecule has 2 aromatic rings. The number of hydrogen-bond acceptors (Lipinski definition) is 3. The molecule has 2 rings (SSSR count). The molecule has 0 radical (unpaired) electrons. The van der Waals surface area contributed by atoms with E-state index in [0.29, 0.717) is 11.5 Å². The third-order valence-corrected chi connectivity index (χ3v) is 4.31. The Bertz CT molecular complexity index is 722. The van der Waals surface area contributed by atoms with Crippen molar-refractivity contribution in [2.24, 2.45) is 0 Å². The summed E-state index contributed by atoms with van der Waals surface area (Å²) in [6.07, 6.45) is 1.89. The molecule has 0 bridgehead atoms. The Hall–Kier alpha value is -2.62. The largest absolute Gasteiger partial charge is 0.452 e. The Morgan fingerprint density at radius 1 is 1.04 bits per heavy atom. The lowest BCUT2D eigenvalue weighted by Crippen LogP contribution is -2.21. The molecule has 0 aliphatic carbocycles. The first-order valence-electron chi connectivity index (χ1n) is 8.70. The summed E-state index contributed by atoms with van der Waals surface area (Å²) in [5.41, 5.74) is 3.45. The number of benzene rings is 2. The van der Waals surface area contributed by atoms with E-state index in [1.54, 1.807) is 12.1 Å². The number of amides is 1. The smallest absolute Gasteiger partial charge is 0.338 e. The molecule has 1 amide bonds. The highest BCUT2D eigenvalue weighted by molar-refractivity contribution is 5.96. The fourth-order valence-corrected chi connectivity index (χ4v) is 2.54. The first kappa shape index (κ1) is 18.7. The minimum Gasteiger partial charge on any atom is -0.452 e. The lowest BCUT2D eigenvalue weighted by molar-refractivity contribution is -0.119. The Morgan fingerprint density at radius 2 is 1.72 bits per heavy atom. The molecule has 0 aliphatic heterocycles. The van der Waals surface area contributed by atoms with Crippen LogP contribution in [0.3, 0.4) is 0 Å². The van der Waals surface area contributed by atoms with Crippen molar-refractivity contribution in [1.29, 1.82) is 0 Å². The van der Waals surface area contributed by atoms with Crippen molar-refractivity contribution in [3.05, 3.63) is 65.2 Å². The van der Waals surface area contributed by atoms with Crippen LogP contribution in [0.4, 0.5) is 5.69 Å². The maximum Gasteiger partial charge on any atom is 0.338 e. The van der Waals surface area contributed by atoms with Gasteiger partial charge in [-0.05, 0) is 48.1 Å². The molecule has 0 fully saturated rings. The summed E-state index contributed by atoms with van der Waals surface area (Å²) in [5.74, 6) is -0.488. The van der Waals surface area contributed by atoms with E-state index in [0.717, 1.165) is 29.7 Å². The lowest BCUT2D eigenvalue weighted by Gasteiger charge is -2.15. The fraction of sp³-hybridized carbons (Fsp3) is 0.333. The van der Waals surface area contributed by atoms with Crippen LogP contribution in [0.25, 0.3) is 0 Å². The van der Waals surface area contributed by atoms with Gasteiger partial charge in [0.25, 0.3) is 5.91 Å². The van der Waals surface area contributed by atoms with Crippen LogP contribution < -0.4 is 5.32 Å². The predicted molar refractivity (Wildman–Crippen MR) is 99.9 cm³/mol. The van der Waals surface area contributed by atoms with E-state index in [4.69, 9.17) is 4.74 Å². The van der Waals surface area contributed by atoms with Crippen LogP contribution in [-0.2, 0) is 16.0 Å². The van der Waals surface area contributed by atoms with Gasteiger partial charge < -0.3 is 10.1 Å². The Balaban J connectivity index is 1.93. The molecule has 0 aliphatic rings. The maximum atomic E-state index is 12.1. The van der Waals surface area contributed by atoms with Gasteiger partial charge in [0.2, 0.25) is 0 Å². The molecule has 2 aromatic carbocycles. The van der Waals surface area contributed by atoms with Crippen molar-refractivity contribution in [3.63, 3.8) is 0 Å². The van der Waals surface area contributed by atoms with E-state index < -0.39 is 5.97 Å². The van der Waals surface area contributed by atoms with Crippen LogP contribution >= 0.6 is 0 Å². The molecule has 0 aromatic heterocycles. The monoisotopic (exact) mass is 339 g/mol. The quantitative estimate of drug-likeness (QED) is 0.753. The second-order valence-corrected chi connectivity index (χ2v) is 6.07. The summed E-state index contributed by atoms with van der Waals surface area (Å²) in [6, 6.07) is 14.9. The highest BCUT2D eigenvalue weighted by Gasteiger charge is 2.13. The molecule has 4 nitrogen and oxygen atoms in total. The number of carbonyl (C=O) groups excluding carboxylic acids is 2. The maximum absolute atomic E-state index is 12.1. The number of hydrogen-bond donors (Lipinski definition) is 1. The van der Waals surface area contributed by atoms with Crippen LogP contribution in [0.5, 0.6) is 0 Å². The highest BCUT2D eigenvalue weighted by Crippen LogP contribution is 2.26. The van der Waals surface area contributed by atoms with Crippen LogP contribution in [-0.4, -0.2) is 18.5 Å². The minimum atomic E-state index is -0.493. The molecule has 4 heteroatoms. The first-order chi connectivity index (χ1) is 12.0. The fourth-order valence-electron chi connectivity index (χ4n) is 2.54. The van der Waals surface area contributed by atoms with Gasteiger partial charge in [-0.1, -0.05) is 51.1 Å². The van der Waals surface area contributed by atoms with Crippen molar-refractivity contribution in [1.82, 2.24) is 0 Å². The van der Waals surface area contributed by atoms with E-state index in [1.807, 2.05) is 36.4 Å². The summed E-state index contributed by atoms with van der Waals surface area (Å²) >= 11 is 0. The zero-order valence-corrected chi connectivity index (χ0v) is 15.0. The summed E-state index contributed by atoms with van der Waals surface area (Å²) in [4.78, 5) is 24.1. The van der Waals surface area contributed by atoms with Crippen molar-refractivity contribution >= 4 is 17.6 Å². The van der Waals surface area contributed by atoms with Gasteiger partial charge in [0, 0.05) is 5.69 Å². The standard InChI is InChI=1S/C21H25NO3/c1-4-15(3)18-8-6-7-9-19(18)22-20(23)14-25-21(24)17-12-10-16(5-2)11-13-17/h6-13,15H,4-5,14H2,1-3H3,(H,22,23)/t15-/m1/s1. The van der Waals surface area contributed by atoms with Gasteiger partial charge in [0.05, 0.1) is 5.56 Å². The first-order valence-corrected chi connectivity index (χ1v) is 8.70. The molecule has 0 saturated heterocycles. The Kier molecular flexibility index (Phi) is 6.75.